The SMILES string of the molecule is COc1ccc(-c2c[nH][n+]3c(N)c(-c4ccccc4)c(NC4CCN(C)CC4)nc23)cc1OC. The summed E-state index contributed by atoms with van der Waals surface area (Å²) in [5.41, 5.74) is 11.3. The molecule has 176 valence electrons. The predicted molar refractivity (Wildman–Crippen MR) is 134 cm³/mol. The van der Waals surface area contributed by atoms with Crippen LogP contribution in [0.4, 0.5) is 11.6 Å². The van der Waals surface area contributed by atoms with Crippen molar-refractivity contribution in [2.45, 2.75) is 18.9 Å². The summed E-state index contributed by atoms with van der Waals surface area (Å²) in [7, 11) is 5.44. The number of nitrogens with one attached hydrogen (secondary N) is 2. The van der Waals surface area contributed by atoms with E-state index >= 15 is 0 Å². The number of hydrogen-bond acceptors (Lipinski definition) is 6. The number of hydrogen-bond donors (Lipinski definition) is 3. The number of aromatic amines is 1. The number of nitrogen functional groups attached to an aromatic ring is 1. The number of methoxy groups -OCH3 is 2. The molecule has 0 radical (unpaired) electrons. The van der Waals surface area contributed by atoms with Gasteiger partial charge in [-0.3, -0.25) is 5.10 Å². The fraction of sp³-hybridized carbons (Fsp3) is 0.308. The molecule has 34 heavy (non-hydrogen) atoms. The molecule has 0 saturated carbocycles. The molecule has 0 aliphatic carbocycles. The minimum Gasteiger partial charge on any atom is -0.493 e. The molecule has 0 bridgehead atoms. The first-order chi connectivity index (χ1) is 16.6. The molecule has 1 aliphatic rings. The Bertz CT molecular complexity index is 1300. The maximum atomic E-state index is 6.77. The van der Waals surface area contributed by atoms with E-state index in [1.165, 1.54) is 0 Å². The van der Waals surface area contributed by atoms with E-state index in [-0.39, 0.29) is 0 Å². The standard InChI is InChI=1S/C26H30N6O2/c1-31-13-11-19(12-14-31)29-25-23(17-7-5-4-6-8-17)24(27)32-26(30-25)20(16-28-32)18-9-10-21(33-2)22(15-18)34-3/h4-10,15-16,19H,11-14H2,1-3H3,(H3,27,28,29,30)/p+1. The van der Waals surface area contributed by atoms with E-state index in [0.29, 0.717) is 23.4 Å². The Balaban J connectivity index is 1.65. The number of rotatable bonds is 6. The van der Waals surface area contributed by atoms with Gasteiger partial charge in [0.1, 0.15) is 5.56 Å². The van der Waals surface area contributed by atoms with Crippen LogP contribution in [0.1, 0.15) is 12.8 Å². The lowest BCUT2D eigenvalue weighted by Gasteiger charge is -2.29. The molecule has 1 fully saturated rings. The van der Waals surface area contributed by atoms with Crippen molar-refractivity contribution >= 4 is 17.3 Å². The van der Waals surface area contributed by atoms with Crippen LogP contribution in [0.5, 0.6) is 11.5 Å². The summed E-state index contributed by atoms with van der Waals surface area (Å²) >= 11 is 0. The highest BCUT2D eigenvalue weighted by molar-refractivity contribution is 5.86. The number of nitrogens with two attached hydrogens (primary N) is 1. The highest BCUT2D eigenvalue weighted by atomic mass is 16.5. The van der Waals surface area contributed by atoms with Gasteiger partial charge in [-0.05, 0) is 56.2 Å². The predicted octanol–water partition coefficient (Wildman–Crippen LogP) is 3.59. The molecular formula is C26H31N6O2+. The number of fused-ring (bicyclic) bond motifs is 1. The van der Waals surface area contributed by atoms with Gasteiger partial charge in [-0.15, -0.1) is 4.52 Å². The van der Waals surface area contributed by atoms with Gasteiger partial charge < -0.3 is 25.4 Å². The number of ether oxygens (including phenoxy) is 2. The number of piperidine rings is 1. The zero-order chi connectivity index (χ0) is 23.7. The zero-order valence-corrected chi connectivity index (χ0v) is 19.8. The Labute approximate surface area is 199 Å². The first-order valence-corrected chi connectivity index (χ1v) is 11.5. The quantitative estimate of drug-likeness (QED) is 0.382. The van der Waals surface area contributed by atoms with E-state index in [9.17, 15) is 0 Å². The van der Waals surface area contributed by atoms with Crippen molar-refractivity contribution in [3.05, 3.63) is 54.7 Å². The molecule has 2 aromatic heterocycles. The van der Waals surface area contributed by atoms with E-state index < -0.39 is 0 Å². The number of benzene rings is 2. The topological polar surface area (TPSA) is 92.5 Å². The van der Waals surface area contributed by atoms with E-state index in [2.05, 4.69) is 34.5 Å². The van der Waals surface area contributed by atoms with Crippen LogP contribution >= 0.6 is 0 Å². The molecule has 1 saturated heterocycles. The average Bonchev–Trinajstić information content (AvgIpc) is 3.30. The summed E-state index contributed by atoms with van der Waals surface area (Å²) in [6, 6.07) is 16.4. The molecule has 8 heteroatoms. The average molecular weight is 460 g/mol. The summed E-state index contributed by atoms with van der Waals surface area (Å²) in [6.07, 6.45) is 4.05. The van der Waals surface area contributed by atoms with E-state index in [1.54, 1.807) is 14.2 Å². The van der Waals surface area contributed by atoms with Gasteiger partial charge in [0.25, 0.3) is 11.5 Å². The van der Waals surface area contributed by atoms with Crippen LogP contribution in [0.2, 0.25) is 0 Å². The molecule has 5 rings (SSSR count). The second-order valence-corrected chi connectivity index (χ2v) is 8.72. The maximum absolute atomic E-state index is 6.77. The number of aromatic nitrogens is 3. The Morgan fingerprint density at radius 2 is 1.76 bits per heavy atom. The summed E-state index contributed by atoms with van der Waals surface area (Å²) in [4.78, 5) is 7.47. The summed E-state index contributed by atoms with van der Waals surface area (Å²) in [6.45, 7) is 2.12. The molecule has 1 aliphatic heterocycles. The maximum Gasteiger partial charge on any atom is 0.296 e. The fourth-order valence-electron chi connectivity index (χ4n) is 4.62. The molecule has 8 nitrogen and oxygen atoms in total. The van der Waals surface area contributed by atoms with E-state index in [4.69, 9.17) is 20.2 Å². The van der Waals surface area contributed by atoms with Crippen molar-refractivity contribution in [2.24, 2.45) is 0 Å². The molecule has 4 N–H and O–H groups in total. The van der Waals surface area contributed by atoms with Crippen molar-refractivity contribution in [3.8, 4) is 33.8 Å². The Kier molecular flexibility index (Phi) is 5.98. The minimum atomic E-state index is 0.344. The second kappa shape index (κ2) is 9.23. The minimum absolute atomic E-state index is 0.344. The molecule has 2 aromatic carbocycles. The first kappa shape index (κ1) is 22.0. The normalized spacial score (nSPS) is 14.9. The summed E-state index contributed by atoms with van der Waals surface area (Å²) < 4.78 is 12.8. The first-order valence-electron chi connectivity index (χ1n) is 11.5. The van der Waals surface area contributed by atoms with Crippen molar-refractivity contribution in [2.75, 3.05) is 45.4 Å². The van der Waals surface area contributed by atoms with E-state index in [0.717, 1.165) is 59.7 Å². The van der Waals surface area contributed by atoms with Crippen molar-refractivity contribution in [1.82, 2.24) is 15.0 Å². The van der Waals surface area contributed by atoms with Gasteiger partial charge in [0.15, 0.2) is 11.5 Å². The highest BCUT2D eigenvalue weighted by Gasteiger charge is 2.27. The number of H-pyrrole nitrogens is 1. The summed E-state index contributed by atoms with van der Waals surface area (Å²) in [5.74, 6) is 2.76. The van der Waals surface area contributed by atoms with Crippen LogP contribution in [0.3, 0.4) is 0 Å². The molecule has 3 heterocycles. The smallest absolute Gasteiger partial charge is 0.296 e. The third-order valence-electron chi connectivity index (χ3n) is 6.56. The van der Waals surface area contributed by atoms with Crippen molar-refractivity contribution < 1.29 is 14.0 Å². The van der Waals surface area contributed by atoms with Crippen LogP contribution in [0.25, 0.3) is 27.9 Å². The van der Waals surface area contributed by atoms with Gasteiger partial charge in [0.05, 0.1) is 19.8 Å². The summed E-state index contributed by atoms with van der Waals surface area (Å²) in [5, 5.41) is 7.01. The lowest BCUT2D eigenvalue weighted by atomic mass is 10.0. The van der Waals surface area contributed by atoms with Crippen molar-refractivity contribution in [3.63, 3.8) is 0 Å². The van der Waals surface area contributed by atoms with Gasteiger partial charge in [-0.1, -0.05) is 41.4 Å². The molecule has 0 unspecified atom stereocenters. The Morgan fingerprint density at radius 1 is 1.03 bits per heavy atom. The number of anilines is 2. The molecule has 0 spiro atoms. The van der Waals surface area contributed by atoms with Crippen LogP contribution in [0, 0.1) is 0 Å². The van der Waals surface area contributed by atoms with E-state index in [1.807, 2.05) is 47.1 Å². The van der Waals surface area contributed by atoms with Gasteiger partial charge in [-0.2, -0.15) is 0 Å². The number of likely N-dealkylation sites (tertiary alicyclic amines) is 1. The van der Waals surface area contributed by atoms with Crippen LogP contribution in [-0.4, -0.2) is 55.4 Å². The lowest BCUT2D eigenvalue weighted by Crippen LogP contribution is -2.37. The molecule has 0 amide bonds. The van der Waals surface area contributed by atoms with Gasteiger partial charge in [0, 0.05) is 12.2 Å². The second-order valence-electron chi connectivity index (χ2n) is 8.72. The van der Waals surface area contributed by atoms with Gasteiger partial charge in [-0.25, -0.2) is 0 Å². The molecule has 0 atom stereocenters. The Morgan fingerprint density at radius 3 is 2.47 bits per heavy atom. The Hall–Kier alpha value is -3.78. The largest absolute Gasteiger partial charge is 0.493 e. The van der Waals surface area contributed by atoms with Gasteiger partial charge in [0.2, 0.25) is 5.82 Å². The zero-order valence-electron chi connectivity index (χ0n) is 19.8. The number of nitrogens with zero attached hydrogens (tertiary/aromatic N) is 3. The fourth-order valence-corrected chi connectivity index (χ4v) is 4.62. The molecular weight excluding hydrogens is 428 g/mol. The third-order valence-corrected chi connectivity index (χ3v) is 6.56. The monoisotopic (exact) mass is 459 g/mol. The van der Waals surface area contributed by atoms with Crippen LogP contribution in [-0.2, 0) is 0 Å². The van der Waals surface area contributed by atoms with Crippen LogP contribution in [0.15, 0.2) is 54.7 Å². The lowest BCUT2D eigenvalue weighted by molar-refractivity contribution is -0.562. The van der Waals surface area contributed by atoms with Crippen molar-refractivity contribution in [1.29, 1.82) is 0 Å². The highest BCUT2D eigenvalue weighted by Crippen LogP contribution is 2.36. The molecule has 4 aromatic rings. The third kappa shape index (κ3) is 4.01. The van der Waals surface area contributed by atoms with Crippen LogP contribution < -0.4 is 25.0 Å². The van der Waals surface area contributed by atoms with Gasteiger partial charge >= 0.3 is 0 Å².